The second kappa shape index (κ2) is 3.72. The van der Waals surface area contributed by atoms with Gasteiger partial charge in [-0.3, -0.25) is 0 Å². The van der Waals surface area contributed by atoms with Crippen molar-refractivity contribution in [1.82, 2.24) is 9.97 Å². The highest BCUT2D eigenvalue weighted by atomic mass is 19.1. The van der Waals surface area contributed by atoms with Gasteiger partial charge in [0.1, 0.15) is 17.2 Å². The van der Waals surface area contributed by atoms with Gasteiger partial charge in [-0.05, 0) is 37.1 Å². The van der Waals surface area contributed by atoms with Gasteiger partial charge in [0.2, 0.25) is 0 Å². The molecule has 3 nitrogen and oxygen atoms in total. The molecular weight excluding hydrogens is 207 g/mol. The zero-order chi connectivity index (χ0) is 11.8. The first-order valence-corrected chi connectivity index (χ1v) is 5.00. The second-order valence-corrected chi connectivity index (χ2v) is 4.03. The summed E-state index contributed by atoms with van der Waals surface area (Å²) < 4.78 is 13.3. The van der Waals surface area contributed by atoms with Gasteiger partial charge in [-0.2, -0.15) is 0 Å². The highest BCUT2D eigenvalue weighted by Crippen LogP contribution is 2.27. The Balaban J connectivity index is 2.51. The summed E-state index contributed by atoms with van der Waals surface area (Å²) in [5.74, 6) is 0.0410. The second-order valence-electron chi connectivity index (χ2n) is 4.03. The number of aliphatic hydroxyl groups is 1. The molecule has 4 heteroatoms. The lowest BCUT2D eigenvalue weighted by Gasteiger charge is -2.21. The van der Waals surface area contributed by atoms with Crippen molar-refractivity contribution in [2.75, 3.05) is 0 Å². The molecule has 84 valence electrons. The molecule has 0 aliphatic rings. The first-order chi connectivity index (χ1) is 7.50. The molecule has 16 heavy (non-hydrogen) atoms. The van der Waals surface area contributed by atoms with Crippen LogP contribution in [0.25, 0.3) is 0 Å². The van der Waals surface area contributed by atoms with Crippen LogP contribution in [0.3, 0.4) is 0 Å². The van der Waals surface area contributed by atoms with Crippen LogP contribution in [0.15, 0.2) is 30.6 Å². The number of hydrogen-bond donors (Lipinski definition) is 2. The summed E-state index contributed by atoms with van der Waals surface area (Å²) in [7, 11) is 0. The number of benzene rings is 1. The van der Waals surface area contributed by atoms with E-state index in [0.717, 1.165) is 5.56 Å². The molecule has 0 amide bonds. The Labute approximate surface area is 93.0 Å². The fourth-order valence-electron chi connectivity index (χ4n) is 1.69. The third kappa shape index (κ3) is 1.84. The maximum Gasteiger partial charge on any atom is 0.144 e. The van der Waals surface area contributed by atoms with Crippen molar-refractivity contribution in [2.45, 2.75) is 19.4 Å². The number of nitrogens with one attached hydrogen (secondary N) is 1. The first kappa shape index (κ1) is 10.8. The zero-order valence-electron chi connectivity index (χ0n) is 9.16. The van der Waals surface area contributed by atoms with Crippen molar-refractivity contribution in [2.24, 2.45) is 0 Å². The zero-order valence-corrected chi connectivity index (χ0v) is 9.16. The van der Waals surface area contributed by atoms with Crippen LogP contribution in [-0.2, 0) is 5.60 Å². The number of aromatic nitrogens is 2. The summed E-state index contributed by atoms with van der Waals surface area (Å²) in [6.07, 6.45) is 3.17. The van der Waals surface area contributed by atoms with Crippen LogP contribution < -0.4 is 0 Å². The average Bonchev–Trinajstić information content (AvgIpc) is 2.69. The van der Waals surface area contributed by atoms with Gasteiger partial charge in [-0.1, -0.05) is 6.07 Å². The van der Waals surface area contributed by atoms with Crippen molar-refractivity contribution < 1.29 is 9.50 Å². The average molecular weight is 220 g/mol. The van der Waals surface area contributed by atoms with Crippen LogP contribution in [0.2, 0.25) is 0 Å². The van der Waals surface area contributed by atoms with Crippen molar-refractivity contribution in [1.29, 1.82) is 0 Å². The van der Waals surface area contributed by atoms with E-state index in [4.69, 9.17) is 0 Å². The number of aryl methyl sites for hydroxylation is 1. The molecule has 0 saturated heterocycles. The van der Waals surface area contributed by atoms with E-state index in [0.29, 0.717) is 11.4 Å². The van der Waals surface area contributed by atoms with Crippen molar-refractivity contribution in [3.63, 3.8) is 0 Å². The minimum atomic E-state index is -1.31. The van der Waals surface area contributed by atoms with Gasteiger partial charge < -0.3 is 10.1 Å². The third-order valence-electron chi connectivity index (χ3n) is 2.56. The molecule has 2 rings (SSSR count). The van der Waals surface area contributed by atoms with Crippen LogP contribution in [-0.4, -0.2) is 15.1 Å². The Morgan fingerprint density at radius 2 is 2.12 bits per heavy atom. The van der Waals surface area contributed by atoms with Gasteiger partial charge in [-0.15, -0.1) is 0 Å². The normalized spacial score (nSPS) is 14.8. The van der Waals surface area contributed by atoms with E-state index < -0.39 is 5.60 Å². The Morgan fingerprint density at radius 1 is 1.38 bits per heavy atom. The molecule has 0 radical (unpaired) electrons. The van der Waals surface area contributed by atoms with Crippen LogP contribution in [0.1, 0.15) is 23.9 Å². The van der Waals surface area contributed by atoms with Gasteiger partial charge in [0.15, 0.2) is 0 Å². The number of hydrogen-bond acceptors (Lipinski definition) is 2. The third-order valence-corrected chi connectivity index (χ3v) is 2.56. The van der Waals surface area contributed by atoms with Gasteiger partial charge in [0.05, 0.1) is 0 Å². The molecule has 0 fully saturated rings. The van der Waals surface area contributed by atoms with E-state index in [1.165, 1.54) is 12.1 Å². The lowest BCUT2D eigenvalue weighted by molar-refractivity contribution is 0.0927. The van der Waals surface area contributed by atoms with Crippen molar-refractivity contribution >= 4 is 0 Å². The van der Waals surface area contributed by atoms with Crippen LogP contribution in [0.5, 0.6) is 0 Å². The van der Waals surface area contributed by atoms with Crippen LogP contribution >= 0.6 is 0 Å². The fourth-order valence-corrected chi connectivity index (χ4v) is 1.69. The molecule has 1 atom stereocenters. The van der Waals surface area contributed by atoms with Crippen LogP contribution in [0, 0.1) is 12.7 Å². The molecule has 2 N–H and O–H groups in total. The summed E-state index contributed by atoms with van der Waals surface area (Å²) in [5.41, 5.74) is -0.0575. The number of nitrogens with zero attached hydrogens (tertiary/aromatic N) is 1. The number of rotatable bonds is 2. The summed E-state index contributed by atoms with van der Waals surface area (Å²) in [5, 5.41) is 10.3. The first-order valence-electron chi connectivity index (χ1n) is 5.00. The Morgan fingerprint density at radius 3 is 2.69 bits per heavy atom. The predicted molar refractivity (Wildman–Crippen MR) is 58.4 cm³/mol. The molecule has 0 saturated carbocycles. The number of halogens is 1. The van der Waals surface area contributed by atoms with E-state index in [1.807, 2.05) is 0 Å². The van der Waals surface area contributed by atoms with Crippen molar-refractivity contribution in [3.8, 4) is 0 Å². The quantitative estimate of drug-likeness (QED) is 0.814. The maximum atomic E-state index is 13.3. The lowest BCUT2D eigenvalue weighted by atomic mass is 9.94. The van der Waals surface area contributed by atoms with Crippen molar-refractivity contribution in [3.05, 3.63) is 53.4 Å². The summed E-state index contributed by atoms with van der Waals surface area (Å²) >= 11 is 0. The molecule has 1 aromatic carbocycles. The molecular formula is C12H13FN2O. The number of H-pyrrole nitrogens is 1. The molecule has 1 heterocycles. The van der Waals surface area contributed by atoms with E-state index in [2.05, 4.69) is 9.97 Å². The molecule has 0 spiro atoms. The topological polar surface area (TPSA) is 48.9 Å². The molecule has 2 aromatic rings. The van der Waals surface area contributed by atoms with E-state index in [1.54, 1.807) is 32.3 Å². The largest absolute Gasteiger partial charge is 0.377 e. The standard InChI is InChI=1S/C12H13FN2O/c1-8-5-9(7-10(13)6-8)12(2,16)11-14-3-4-15-11/h3-7,16H,1-2H3,(H,14,15). The molecule has 0 aliphatic heterocycles. The van der Waals surface area contributed by atoms with Gasteiger partial charge >= 0.3 is 0 Å². The van der Waals surface area contributed by atoms with Gasteiger partial charge in [0, 0.05) is 12.4 Å². The molecule has 0 bridgehead atoms. The Kier molecular flexibility index (Phi) is 2.52. The SMILES string of the molecule is Cc1cc(F)cc(C(C)(O)c2ncc[nH]2)c1. The molecule has 1 aromatic heterocycles. The van der Waals surface area contributed by atoms with Gasteiger partial charge in [-0.25, -0.2) is 9.37 Å². The fraction of sp³-hybridized carbons (Fsp3) is 0.250. The van der Waals surface area contributed by atoms with Crippen LogP contribution in [0.4, 0.5) is 4.39 Å². The lowest BCUT2D eigenvalue weighted by Crippen LogP contribution is -2.24. The predicted octanol–water partition coefficient (Wildman–Crippen LogP) is 2.11. The molecule has 0 aliphatic carbocycles. The smallest absolute Gasteiger partial charge is 0.144 e. The van der Waals surface area contributed by atoms with E-state index >= 15 is 0 Å². The highest BCUT2D eigenvalue weighted by molar-refractivity contribution is 5.32. The minimum absolute atomic E-state index is 0.359. The summed E-state index contributed by atoms with van der Waals surface area (Å²) in [6, 6.07) is 4.48. The molecule has 1 unspecified atom stereocenters. The monoisotopic (exact) mass is 220 g/mol. The Hall–Kier alpha value is -1.68. The number of imidazole rings is 1. The summed E-state index contributed by atoms with van der Waals surface area (Å²) in [4.78, 5) is 6.83. The number of aromatic amines is 1. The minimum Gasteiger partial charge on any atom is -0.377 e. The highest BCUT2D eigenvalue weighted by Gasteiger charge is 2.28. The van der Waals surface area contributed by atoms with Gasteiger partial charge in [0.25, 0.3) is 0 Å². The maximum absolute atomic E-state index is 13.3. The summed E-state index contributed by atoms with van der Waals surface area (Å²) in [6.45, 7) is 3.37. The van der Waals surface area contributed by atoms with E-state index in [9.17, 15) is 9.50 Å². The Bertz CT molecular complexity index is 471. The van der Waals surface area contributed by atoms with E-state index in [-0.39, 0.29) is 5.82 Å².